The molecule has 0 aliphatic carbocycles. The lowest BCUT2D eigenvalue weighted by atomic mass is 10.3. The second kappa shape index (κ2) is 2.47. The van der Waals surface area contributed by atoms with Gasteiger partial charge in [0.05, 0.1) is 10.7 Å². The van der Waals surface area contributed by atoms with E-state index < -0.39 is 12.2 Å². The van der Waals surface area contributed by atoms with Gasteiger partial charge in [-0.05, 0) is 0 Å². The van der Waals surface area contributed by atoms with E-state index in [9.17, 15) is 0 Å². The van der Waals surface area contributed by atoms with Gasteiger partial charge in [-0.15, -0.1) is 11.8 Å². The molecule has 48 valence electrons. The number of hydrogen-bond donors (Lipinski definition) is 3. The fourth-order valence-corrected chi connectivity index (χ4v) is 2.01. The second-order valence-electron chi connectivity index (χ2n) is 1.78. The van der Waals surface area contributed by atoms with Crippen LogP contribution in [0.4, 0.5) is 0 Å². The molecule has 1 fully saturated rings. The van der Waals surface area contributed by atoms with Gasteiger partial charge in [-0.3, -0.25) is 0 Å². The summed E-state index contributed by atoms with van der Waals surface area (Å²) in [6, 6.07) is 0. The zero-order chi connectivity index (χ0) is 6.15. The summed E-state index contributed by atoms with van der Waals surface area (Å²) in [5.41, 5.74) is 0. The van der Waals surface area contributed by atoms with E-state index in [1.807, 2.05) is 0 Å². The van der Waals surface area contributed by atoms with Gasteiger partial charge in [-0.2, -0.15) is 12.6 Å². The Labute approximate surface area is 57.7 Å². The van der Waals surface area contributed by atoms with Crippen LogP contribution in [0.5, 0.6) is 0 Å². The summed E-state index contributed by atoms with van der Waals surface area (Å²) in [4.78, 5) is 0. The summed E-state index contributed by atoms with van der Waals surface area (Å²) >= 11 is 5.48. The molecule has 1 aliphatic heterocycles. The highest BCUT2D eigenvalue weighted by molar-refractivity contribution is 8.10. The van der Waals surface area contributed by atoms with Gasteiger partial charge in [0, 0.05) is 5.75 Å². The van der Waals surface area contributed by atoms with Crippen molar-refractivity contribution in [3.05, 3.63) is 0 Å². The van der Waals surface area contributed by atoms with Crippen molar-refractivity contribution in [2.24, 2.45) is 0 Å². The Hall–Kier alpha value is 0.620. The maximum atomic E-state index is 8.92. The van der Waals surface area contributed by atoms with E-state index in [0.29, 0.717) is 5.75 Å². The van der Waals surface area contributed by atoms with Crippen molar-refractivity contribution in [1.29, 1.82) is 0 Å². The highest BCUT2D eigenvalue weighted by Crippen LogP contribution is 2.29. The van der Waals surface area contributed by atoms with E-state index >= 15 is 0 Å². The number of aliphatic hydroxyl groups is 2. The summed E-state index contributed by atoms with van der Waals surface area (Å²) < 4.78 is -0.0926. The van der Waals surface area contributed by atoms with Gasteiger partial charge >= 0.3 is 0 Å². The van der Waals surface area contributed by atoms with Crippen molar-refractivity contribution in [2.45, 2.75) is 16.8 Å². The van der Waals surface area contributed by atoms with Gasteiger partial charge in [0.2, 0.25) is 0 Å². The molecule has 1 rings (SSSR count). The Morgan fingerprint density at radius 3 is 2.25 bits per heavy atom. The molecular weight excluding hydrogens is 144 g/mol. The lowest BCUT2D eigenvalue weighted by Crippen LogP contribution is -2.26. The summed E-state index contributed by atoms with van der Waals surface area (Å²) in [5, 5.41) is 17.8. The first-order chi connectivity index (χ1) is 3.72. The molecule has 0 radical (unpaired) electrons. The van der Waals surface area contributed by atoms with Crippen LogP contribution in [0.2, 0.25) is 0 Å². The first kappa shape index (κ1) is 6.74. The fourth-order valence-electron chi connectivity index (χ4n) is 0.584. The predicted molar refractivity (Wildman–Crippen MR) is 37.2 cm³/mol. The summed E-state index contributed by atoms with van der Waals surface area (Å²) in [5.74, 6) is 0.606. The van der Waals surface area contributed by atoms with Gasteiger partial charge in [-0.1, -0.05) is 0 Å². The minimum atomic E-state index is -0.636. The Balaban J connectivity index is 2.44. The van der Waals surface area contributed by atoms with E-state index in [0.717, 1.165) is 0 Å². The van der Waals surface area contributed by atoms with Crippen molar-refractivity contribution in [3.8, 4) is 0 Å². The zero-order valence-corrected chi connectivity index (χ0v) is 5.90. The Bertz CT molecular complexity index is 78.1. The van der Waals surface area contributed by atoms with Crippen molar-refractivity contribution in [1.82, 2.24) is 0 Å². The van der Waals surface area contributed by atoms with Crippen LogP contribution < -0.4 is 0 Å². The van der Waals surface area contributed by atoms with Gasteiger partial charge in [-0.25, -0.2) is 0 Å². The number of thiol groups is 1. The average Bonchev–Trinajstić information content (AvgIpc) is 1.98. The molecule has 1 saturated heterocycles. The Kier molecular flexibility index (Phi) is 2.08. The van der Waals surface area contributed by atoms with Crippen molar-refractivity contribution < 1.29 is 10.2 Å². The third-order valence-electron chi connectivity index (χ3n) is 1.12. The first-order valence-corrected chi connectivity index (χ1v) is 3.94. The number of rotatable bonds is 0. The first-order valence-electron chi connectivity index (χ1n) is 2.37. The quantitative estimate of drug-likeness (QED) is 0.418. The van der Waals surface area contributed by atoms with Gasteiger partial charge in [0.25, 0.3) is 0 Å². The highest BCUT2D eigenvalue weighted by Gasteiger charge is 2.31. The molecule has 3 unspecified atom stereocenters. The molecule has 8 heavy (non-hydrogen) atoms. The summed E-state index contributed by atoms with van der Waals surface area (Å²) in [6.07, 6.45) is -1.20. The molecule has 1 heterocycles. The number of aliphatic hydroxyl groups excluding tert-OH is 2. The predicted octanol–water partition coefficient (Wildman–Crippen LogP) is -0.289. The minimum Gasteiger partial charge on any atom is -0.389 e. The monoisotopic (exact) mass is 152 g/mol. The van der Waals surface area contributed by atoms with Gasteiger partial charge < -0.3 is 10.2 Å². The average molecular weight is 152 g/mol. The van der Waals surface area contributed by atoms with Crippen molar-refractivity contribution >= 4 is 24.4 Å². The van der Waals surface area contributed by atoms with E-state index in [1.165, 1.54) is 11.8 Å². The normalized spacial score (nSPS) is 47.6. The molecular formula is C4H8O2S2. The van der Waals surface area contributed by atoms with E-state index in [1.54, 1.807) is 0 Å². The van der Waals surface area contributed by atoms with Crippen LogP contribution in [0, 0.1) is 0 Å². The molecule has 0 aromatic carbocycles. The lowest BCUT2D eigenvalue weighted by molar-refractivity contribution is 0.0532. The van der Waals surface area contributed by atoms with Crippen molar-refractivity contribution in [3.63, 3.8) is 0 Å². The molecule has 2 nitrogen and oxygen atoms in total. The molecule has 0 saturated carbocycles. The maximum absolute atomic E-state index is 8.92. The topological polar surface area (TPSA) is 40.5 Å². The van der Waals surface area contributed by atoms with Gasteiger partial charge in [0.1, 0.15) is 6.10 Å². The third kappa shape index (κ3) is 1.13. The minimum absolute atomic E-state index is 0.0926. The SMILES string of the molecule is OC1CSC(S)C1O. The zero-order valence-electron chi connectivity index (χ0n) is 4.19. The summed E-state index contributed by atoms with van der Waals surface area (Å²) in [7, 11) is 0. The van der Waals surface area contributed by atoms with E-state index in [4.69, 9.17) is 10.2 Å². The van der Waals surface area contributed by atoms with Gasteiger partial charge in [0.15, 0.2) is 0 Å². The molecule has 2 N–H and O–H groups in total. The van der Waals surface area contributed by atoms with E-state index in [2.05, 4.69) is 12.6 Å². The van der Waals surface area contributed by atoms with Crippen LogP contribution in [0.3, 0.4) is 0 Å². The summed E-state index contributed by atoms with van der Waals surface area (Å²) in [6.45, 7) is 0. The molecule has 0 amide bonds. The lowest BCUT2D eigenvalue weighted by Gasteiger charge is -2.07. The van der Waals surface area contributed by atoms with E-state index in [-0.39, 0.29) is 4.58 Å². The fraction of sp³-hybridized carbons (Fsp3) is 1.00. The highest BCUT2D eigenvalue weighted by atomic mass is 32.2. The van der Waals surface area contributed by atoms with Crippen LogP contribution in [-0.4, -0.2) is 32.8 Å². The molecule has 0 aromatic rings. The second-order valence-corrected chi connectivity index (χ2v) is 3.86. The van der Waals surface area contributed by atoms with Crippen LogP contribution in [0.15, 0.2) is 0 Å². The maximum Gasteiger partial charge on any atom is 0.101 e. The molecule has 0 bridgehead atoms. The number of hydrogen-bond acceptors (Lipinski definition) is 4. The third-order valence-corrected chi connectivity index (χ3v) is 3.03. The largest absolute Gasteiger partial charge is 0.389 e. The molecule has 1 aliphatic rings. The Morgan fingerprint density at radius 2 is 2.12 bits per heavy atom. The number of thioether (sulfide) groups is 1. The Morgan fingerprint density at radius 1 is 1.50 bits per heavy atom. The molecule has 4 heteroatoms. The smallest absolute Gasteiger partial charge is 0.101 e. The standard InChI is InChI=1S/C4H8O2S2/c5-2-1-8-4(7)3(2)6/h2-7H,1H2. The molecule has 0 spiro atoms. The van der Waals surface area contributed by atoms with Crippen molar-refractivity contribution in [2.75, 3.05) is 5.75 Å². The van der Waals surface area contributed by atoms with Crippen LogP contribution in [0.25, 0.3) is 0 Å². The molecule has 0 aromatic heterocycles. The van der Waals surface area contributed by atoms with Crippen LogP contribution in [0.1, 0.15) is 0 Å². The van der Waals surface area contributed by atoms with Crippen LogP contribution in [-0.2, 0) is 0 Å². The molecule has 3 atom stereocenters. The van der Waals surface area contributed by atoms with Crippen LogP contribution >= 0.6 is 24.4 Å².